The molecule has 0 saturated carbocycles. The first-order valence-corrected chi connectivity index (χ1v) is 7.18. The van der Waals surface area contributed by atoms with Crippen LogP contribution in [0, 0.1) is 0 Å². The number of carbonyl (C=O) groups excluding carboxylic acids is 1. The third-order valence-corrected chi connectivity index (χ3v) is 4.80. The van der Waals surface area contributed by atoms with Crippen LogP contribution in [0.5, 0.6) is 0 Å². The first-order chi connectivity index (χ1) is 7.52. The lowest BCUT2D eigenvalue weighted by Crippen LogP contribution is -2.49. The highest BCUT2D eigenvalue weighted by Crippen LogP contribution is 2.16. The van der Waals surface area contributed by atoms with Crippen LogP contribution in [0.15, 0.2) is 18.5 Å². The van der Waals surface area contributed by atoms with Crippen LogP contribution in [0.2, 0.25) is 5.02 Å². The van der Waals surface area contributed by atoms with Crippen molar-refractivity contribution in [3.8, 4) is 0 Å². The fourth-order valence-corrected chi connectivity index (χ4v) is 2.42. The standard InChI is InChI=1S/C10H11Br2ClN2O/c1-10(5-11,6-12)15-9(16)7-2-3-14-4-8(7)13/h2-4H,5-6H2,1H3,(H,15,16). The maximum absolute atomic E-state index is 11.9. The van der Waals surface area contributed by atoms with Crippen molar-refractivity contribution in [3.05, 3.63) is 29.0 Å². The lowest BCUT2D eigenvalue weighted by molar-refractivity contribution is 0.0923. The lowest BCUT2D eigenvalue weighted by Gasteiger charge is -2.26. The number of carbonyl (C=O) groups is 1. The minimum atomic E-state index is -0.344. The summed E-state index contributed by atoms with van der Waals surface area (Å²) in [5.41, 5.74) is 0.0914. The molecule has 0 aliphatic rings. The molecule has 6 heteroatoms. The molecule has 1 amide bonds. The van der Waals surface area contributed by atoms with Crippen molar-refractivity contribution >= 4 is 49.4 Å². The Morgan fingerprint density at radius 2 is 2.19 bits per heavy atom. The number of alkyl halides is 2. The number of rotatable bonds is 4. The summed E-state index contributed by atoms with van der Waals surface area (Å²) >= 11 is 12.6. The Kier molecular flexibility index (Phi) is 5.21. The fourth-order valence-electron chi connectivity index (χ4n) is 1.00. The summed E-state index contributed by atoms with van der Waals surface area (Å²) in [4.78, 5) is 15.8. The van der Waals surface area contributed by atoms with Crippen molar-refractivity contribution in [2.24, 2.45) is 0 Å². The van der Waals surface area contributed by atoms with E-state index in [2.05, 4.69) is 42.2 Å². The minimum absolute atomic E-state index is 0.200. The average Bonchev–Trinajstić information content (AvgIpc) is 2.29. The van der Waals surface area contributed by atoms with E-state index in [1.807, 2.05) is 6.92 Å². The Morgan fingerprint density at radius 3 is 2.69 bits per heavy atom. The molecule has 1 N–H and O–H groups in total. The Balaban J connectivity index is 2.84. The van der Waals surface area contributed by atoms with E-state index in [1.54, 1.807) is 12.3 Å². The molecule has 3 nitrogen and oxygen atoms in total. The van der Waals surface area contributed by atoms with Gasteiger partial charge < -0.3 is 5.32 Å². The van der Waals surface area contributed by atoms with Crippen molar-refractivity contribution in [2.45, 2.75) is 12.5 Å². The van der Waals surface area contributed by atoms with Crippen LogP contribution < -0.4 is 5.32 Å². The van der Waals surface area contributed by atoms with Crippen molar-refractivity contribution < 1.29 is 4.79 Å². The smallest absolute Gasteiger partial charge is 0.253 e. The van der Waals surface area contributed by atoms with Crippen LogP contribution in [-0.2, 0) is 0 Å². The third kappa shape index (κ3) is 3.43. The second kappa shape index (κ2) is 5.98. The molecule has 0 unspecified atom stereocenters. The number of nitrogens with zero attached hydrogens (tertiary/aromatic N) is 1. The monoisotopic (exact) mass is 368 g/mol. The summed E-state index contributed by atoms with van der Waals surface area (Å²) in [6, 6.07) is 1.60. The normalized spacial score (nSPS) is 11.2. The van der Waals surface area contributed by atoms with Crippen LogP contribution in [-0.4, -0.2) is 27.1 Å². The number of aromatic nitrogens is 1. The number of pyridine rings is 1. The topological polar surface area (TPSA) is 42.0 Å². The first-order valence-electron chi connectivity index (χ1n) is 4.56. The van der Waals surface area contributed by atoms with E-state index in [1.165, 1.54) is 6.20 Å². The third-order valence-electron chi connectivity index (χ3n) is 2.02. The summed E-state index contributed by atoms with van der Waals surface area (Å²) in [6.07, 6.45) is 3.00. The maximum atomic E-state index is 11.9. The predicted molar refractivity (Wildman–Crippen MR) is 72.7 cm³/mol. The van der Waals surface area contributed by atoms with E-state index >= 15 is 0 Å². The van der Waals surface area contributed by atoms with Gasteiger partial charge in [-0.25, -0.2) is 0 Å². The number of hydrogen-bond acceptors (Lipinski definition) is 2. The largest absolute Gasteiger partial charge is 0.345 e. The van der Waals surface area contributed by atoms with Gasteiger partial charge in [-0.15, -0.1) is 0 Å². The summed E-state index contributed by atoms with van der Waals surface area (Å²) in [5.74, 6) is -0.200. The van der Waals surface area contributed by atoms with E-state index in [0.29, 0.717) is 21.2 Å². The SMILES string of the molecule is CC(CBr)(CBr)NC(=O)c1ccncc1Cl. The zero-order chi connectivity index (χ0) is 12.2. The lowest BCUT2D eigenvalue weighted by atomic mass is 10.1. The summed E-state index contributed by atoms with van der Waals surface area (Å²) in [5, 5.41) is 4.56. The highest BCUT2D eigenvalue weighted by Gasteiger charge is 2.25. The molecule has 0 aliphatic heterocycles. The highest BCUT2D eigenvalue weighted by molar-refractivity contribution is 9.09. The molecule has 0 aromatic carbocycles. The predicted octanol–water partition coefficient (Wildman–Crippen LogP) is 3.01. The average molecular weight is 370 g/mol. The van der Waals surface area contributed by atoms with Gasteiger partial charge in [0.15, 0.2) is 0 Å². The molecule has 88 valence electrons. The van der Waals surface area contributed by atoms with Gasteiger partial charge in [-0.3, -0.25) is 9.78 Å². The van der Waals surface area contributed by atoms with E-state index < -0.39 is 0 Å². The van der Waals surface area contributed by atoms with Crippen LogP contribution in [0.3, 0.4) is 0 Å². The Hall–Kier alpha value is -0.130. The van der Waals surface area contributed by atoms with Crippen LogP contribution >= 0.6 is 43.5 Å². The fraction of sp³-hybridized carbons (Fsp3) is 0.400. The number of nitrogens with one attached hydrogen (secondary N) is 1. The molecular formula is C10H11Br2ClN2O. The van der Waals surface area contributed by atoms with Gasteiger partial charge in [-0.05, 0) is 13.0 Å². The van der Waals surface area contributed by atoms with E-state index in [-0.39, 0.29) is 11.4 Å². The second-order valence-corrected chi connectivity index (χ2v) is 5.17. The summed E-state index contributed by atoms with van der Waals surface area (Å²) < 4.78 is 0. The Bertz CT molecular complexity index is 383. The van der Waals surface area contributed by atoms with Crippen molar-refractivity contribution in [3.63, 3.8) is 0 Å². The van der Waals surface area contributed by atoms with E-state index in [0.717, 1.165) is 0 Å². The molecule has 0 bridgehead atoms. The van der Waals surface area contributed by atoms with Gasteiger partial charge in [0, 0.05) is 23.1 Å². The summed E-state index contributed by atoms with van der Waals surface area (Å²) in [7, 11) is 0. The molecule has 0 spiro atoms. The molecule has 16 heavy (non-hydrogen) atoms. The van der Waals surface area contributed by atoms with Crippen LogP contribution in [0.25, 0.3) is 0 Å². The van der Waals surface area contributed by atoms with E-state index in [4.69, 9.17) is 11.6 Å². The number of hydrogen-bond donors (Lipinski definition) is 1. The molecule has 1 aromatic heterocycles. The Labute approximate surface area is 116 Å². The Morgan fingerprint density at radius 1 is 1.56 bits per heavy atom. The first kappa shape index (κ1) is 13.9. The van der Waals surface area contributed by atoms with Gasteiger partial charge in [-0.2, -0.15) is 0 Å². The van der Waals surface area contributed by atoms with E-state index in [9.17, 15) is 4.79 Å². The number of halogens is 3. The minimum Gasteiger partial charge on any atom is -0.345 e. The quantitative estimate of drug-likeness (QED) is 0.828. The summed E-state index contributed by atoms with van der Waals surface area (Å²) in [6.45, 7) is 1.93. The van der Waals surface area contributed by atoms with Crippen molar-refractivity contribution in [2.75, 3.05) is 10.7 Å². The van der Waals surface area contributed by atoms with Gasteiger partial charge in [0.1, 0.15) is 0 Å². The molecule has 1 heterocycles. The maximum Gasteiger partial charge on any atom is 0.253 e. The van der Waals surface area contributed by atoms with Crippen molar-refractivity contribution in [1.82, 2.24) is 10.3 Å². The zero-order valence-electron chi connectivity index (χ0n) is 8.64. The molecular weight excluding hydrogens is 359 g/mol. The van der Waals surface area contributed by atoms with Gasteiger partial charge in [-0.1, -0.05) is 43.5 Å². The molecule has 0 radical (unpaired) electrons. The molecule has 1 aromatic rings. The molecule has 0 atom stereocenters. The van der Waals surface area contributed by atoms with Crippen LogP contribution in [0.4, 0.5) is 0 Å². The second-order valence-electron chi connectivity index (χ2n) is 3.64. The molecule has 0 fully saturated rings. The molecule has 1 rings (SSSR count). The van der Waals surface area contributed by atoms with Crippen LogP contribution in [0.1, 0.15) is 17.3 Å². The molecule has 0 saturated heterocycles. The van der Waals surface area contributed by atoms with Gasteiger partial charge in [0.2, 0.25) is 0 Å². The van der Waals surface area contributed by atoms with Crippen molar-refractivity contribution in [1.29, 1.82) is 0 Å². The zero-order valence-corrected chi connectivity index (χ0v) is 12.6. The van der Waals surface area contributed by atoms with Gasteiger partial charge >= 0.3 is 0 Å². The highest BCUT2D eigenvalue weighted by atomic mass is 79.9. The van der Waals surface area contributed by atoms with Gasteiger partial charge in [0.05, 0.1) is 16.1 Å². The molecule has 0 aliphatic carbocycles. The number of amides is 1. The van der Waals surface area contributed by atoms with Gasteiger partial charge in [0.25, 0.3) is 5.91 Å².